The lowest BCUT2D eigenvalue weighted by atomic mass is 10.0. The molecule has 0 heterocycles. The fourth-order valence-electron chi connectivity index (χ4n) is 1.50. The van der Waals surface area contributed by atoms with E-state index < -0.39 is 34.4 Å². The van der Waals surface area contributed by atoms with E-state index in [4.69, 9.17) is 34.0 Å². The molecule has 0 saturated carbocycles. The molecule has 2 atom stereocenters. The molecule has 0 bridgehead atoms. The third kappa shape index (κ3) is 7.58. The molecule has 0 radical (unpaired) electrons. The van der Waals surface area contributed by atoms with Crippen LogP contribution in [-0.2, 0) is 4.79 Å². The minimum atomic E-state index is -1.33. The third-order valence-electron chi connectivity index (χ3n) is 2.55. The number of rotatable bonds is 6. The Morgan fingerprint density at radius 1 is 1.39 bits per heavy atom. The molecule has 0 aliphatic carbocycles. The fourth-order valence-corrected chi connectivity index (χ4v) is 1.62. The van der Waals surface area contributed by atoms with E-state index in [9.17, 15) is 20.0 Å². The first-order chi connectivity index (χ1) is 10.8. The molecule has 23 heavy (non-hydrogen) atoms. The summed E-state index contributed by atoms with van der Waals surface area (Å²) in [6.07, 6.45) is -1.25. The number of nitrogens with zero attached hydrogens (tertiary/aromatic N) is 1. The first-order valence-corrected chi connectivity index (χ1v) is 7.47. The second-order valence-electron chi connectivity index (χ2n) is 4.30. The number of nitrogens with one attached hydrogen (secondary N) is 1. The number of carbonyl (C=O) groups is 1. The Balaban J connectivity index is 0.00000149. The minimum absolute atomic E-state index is 0.132. The summed E-state index contributed by atoms with van der Waals surface area (Å²) in [7, 11) is 0. The molecule has 8 nitrogen and oxygen atoms in total. The van der Waals surface area contributed by atoms with E-state index in [1.54, 1.807) is 0 Å². The second kappa shape index (κ2) is 11.1. The number of carbonyl (C=O) groups excluding carboxylic acids is 1. The van der Waals surface area contributed by atoms with Crippen LogP contribution >= 0.6 is 23.2 Å². The lowest BCUT2D eigenvalue weighted by molar-refractivity contribution is -0.384. The van der Waals surface area contributed by atoms with Crippen molar-refractivity contribution in [2.24, 2.45) is 5.73 Å². The van der Waals surface area contributed by atoms with E-state index in [1.165, 1.54) is 24.3 Å². The zero-order valence-corrected chi connectivity index (χ0v) is 13.9. The van der Waals surface area contributed by atoms with Crippen molar-refractivity contribution < 1.29 is 19.9 Å². The summed E-state index contributed by atoms with van der Waals surface area (Å²) in [5.74, 6) is -0.756. The molecule has 0 saturated heterocycles. The van der Waals surface area contributed by atoms with Gasteiger partial charge in [0.15, 0.2) is 4.84 Å². The molecule has 0 aliphatic heterocycles. The molecule has 0 aromatic heterocycles. The second-order valence-corrected chi connectivity index (χ2v) is 5.40. The molecule has 0 spiro atoms. The summed E-state index contributed by atoms with van der Waals surface area (Å²) < 4.78 is 0. The summed E-state index contributed by atoms with van der Waals surface area (Å²) in [6.45, 7) is 2.10. The number of nitrogens with two attached hydrogens (primary N) is 1. The molecule has 0 unspecified atom stereocenters. The largest absolute Gasteiger partial charge is 0.394 e. The van der Waals surface area contributed by atoms with Gasteiger partial charge in [0.2, 0.25) is 0 Å². The highest BCUT2D eigenvalue weighted by Gasteiger charge is 2.24. The van der Waals surface area contributed by atoms with Gasteiger partial charge in [-0.2, -0.15) is 0 Å². The number of benzene rings is 1. The van der Waals surface area contributed by atoms with Gasteiger partial charge >= 0.3 is 0 Å². The highest BCUT2D eigenvalue weighted by atomic mass is 35.5. The smallest absolute Gasteiger partial charge is 0.269 e. The summed E-state index contributed by atoms with van der Waals surface area (Å²) in [6, 6.07) is 4.05. The molecule has 130 valence electrons. The molecule has 1 amide bonds. The van der Waals surface area contributed by atoms with Crippen molar-refractivity contribution in [1.29, 1.82) is 0 Å². The molecule has 1 aromatic carbocycles. The summed E-state index contributed by atoms with van der Waals surface area (Å²) in [4.78, 5) is 19.9. The van der Waals surface area contributed by atoms with Crippen LogP contribution < -0.4 is 11.1 Å². The van der Waals surface area contributed by atoms with E-state index in [2.05, 4.69) is 5.32 Å². The molecule has 10 heteroatoms. The average Bonchev–Trinajstić information content (AvgIpc) is 2.52. The fraction of sp³-hybridized carbons (Fsp3) is 0.462. The SMILES string of the molecule is CCN.O=C(N[C@H](CO)[C@H](O)c1ccc([N+](=O)[O-])cc1)C(Cl)Cl. The Hall–Kier alpha value is -1.45. The zero-order valence-electron chi connectivity index (χ0n) is 12.4. The van der Waals surface area contributed by atoms with Gasteiger partial charge in [-0.25, -0.2) is 0 Å². The number of hydrogen-bond acceptors (Lipinski definition) is 6. The number of alkyl halides is 2. The molecule has 0 fully saturated rings. The van der Waals surface area contributed by atoms with Gasteiger partial charge in [-0.3, -0.25) is 14.9 Å². The van der Waals surface area contributed by atoms with Crippen molar-refractivity contribution in [3.8, 4) is 0 Å². The van der Waals surface area contributed by atoms with Gasteiger partial charge in [0.05, 0.1) is 17.6 Å². The van der Waals surface area contributed by atoms with E-state index in [0.717, 1.165) is 6.54 Å². The number of aliphatic hydroxyl groups excluding tert-OH is 2. The van der Waals surface area contributed by atoms with Crippen molar-refractivity contribution >= 4 is 34.8 Å². The van der Waals surface area contributed by atoms with Crippen molar-refractivity contribution in [2.75, 3.05) is 13.2 Å². The van der Waals surface area contributed by atoms with Crippen LogP contribution in [0.3, 0.4) is 0 Å². The lowest BCUT2D eigenvalue weighted by Crippen LogP contribution is -2.44. The maximum absolute atomic E-state index is 11.3. The van der Waals surface area contributed by atoms with Crippen LogP contribution in [0.1, 0.15) is 18.6 Å². The van der Waals surface area contributed by atoms with E-state index in [-0.39, 0.29) is 5.69 Å². The molecular formula is C13H19Cl2N3O5. The first-order valence-electron chi connectivity index (χ1n) is 6.60. The maximum atomic E-state index is 11.3. The Bertz CT molecular complexity index is 499. The van der Waals surface area contributed by atoms with Crippen molar-refractivity contribution in [3.63, 3.8) is 0 Å². The van der Waals surface area contributed by atoms with Gasteiger partial charge in [0, 0.05) is 12.1 Å². The van der Waals surface area contributed by atoms with Gasteiger partial charge in [-0.05, 0) is 24.2 Å². The van der Waals surface area contributed by atoms with Crippen LogP contribution in [0, 0.1) is 10.1 Å². The van der Waals surface area contributed by atoms with Crippen LogP contribution in [0.25, 0.3) is 0 Å². The number of nitro groups is 1. The highest BCUT2D eigenvalue weighted by Crippen LogP contribution is 2.20. The van der Waals surface area contributed by atoms with Crippen LogP contribution in [0.4, 0.5) is 5.69 Å². The van der Waals surface area contributed by atoms with E-state index >= 15 is 0 Å². The summed E-state index contributed by atoms with van der Waals surface area (Å²) in [5, 5.41) is 31.9. The monoisotopic (exact) mass is 367 g/mol. The summed E-state index contributed by atoms with van der Waals surface area (Å²) >= 11 is 10.7. The standard InChI is InChI=1S/C11H12Cl2N2O5.C2H7N/c12-10(13)11(18)14-8(5-16)9(17)6-1-3-7(4-2-6)15(19)20;1-2-3/h1-4,8-10,16-17H,5H2,(H,14,18);2-3H2,1H3/t8-,9-;/m1./s1. The predicted molar refractivity (Wildman–Crippen MR) is 87.3 cm³/mol. The number of nitro benzene ring substituents is 1. The van der Waals surface area contributed by atoms with E-state index in [1.807, 2.05) is 6.92 Å². The Kier molecular flexibility index (Phi) is 10.4. The van der Waals surface area contributed by atoms with Crippen LogP contribution in [0.15, 0.2) is 24.3 Å². The van der Waals surface area contributed by atoms with Gasteiger partial charge in [0.1, 0.15) is 6.10 Å². The Labute approximate surface area is 143 Å². The van der Waals surface area contributed by atoms with Crippen LogP contribution in [0.5, 0.6) is 0 Å². The molecule has 1 rings (SSSR count). The molecule has 1 aromatic rings. The zero-order chi connectivity index (χ0) is 18.0. The highest BCUT2D eigenvalue weighted by molar-refractivity contribution is 6.53. The molecule has 0 aliphatic rings. The van der Waals surface area contributed by atoms with Crippen molar-refractivity contribution in [2.45, 2.75) is 23.9 Å². The van der Waals surface area contributed by atoms with E-state index in [0.29, 0.717) is 5.56 Å². The van der Waals surface area contributed by atoms with Gasteiger partial charge in [-0.15, -0.1) is 0 Å². The molecular weight excluding hydrogens is 349 g/mol. The van der Waals surface area contributed by atoms with Crippen molar-refractivity contribution in [3.05, 3.63) is 39.9 Å². The quantitative estimate of drug-likeness (QED) is 0.334. The lowest BCUT2D eigenvalue weighted by Gasteiger charge is -2.22. The molecule has 5 N–H and O–H groups in total. The number of aliphatic hydroxyl groups is 2. The van der Waals surface area contributed by atoms with Gasteiger partial charge in [-0.1, -0.05) is 30.1 Å². The van der Waals surface area contributed by atoms with Gasteiger partial charge < -0.3 is 21.3 Å². The third-order valence-corrected chi connectivity index (χ3v) is 2.95. The Morgan fingerprint density at radius 3 is 2.22 bits per heavy atom. The number of hydrogen-bond donors (Lipinski definition) is 4. The number of halogens is 2. The van der Waals surface area contributed by atoms with Crippen LogP contribution in [-0.4, -0.2) is 45.1 Å². The number of non-ortho nitro benzene ring substituents is 1. The van der Waals surface area contributed by atoms with Crippen LogP contribution in [0.2, 0.25) is 0 Å². The topological polar surface area (TPSA) is 139 Å². The number of amides is 1. The minimum Gasteiger partial charge on any atom is -0.394 e. The average molecular weight is 368 g/mol. The maximum Gasteiger partial charge on any atom is 0.269 e. The van der Waals surface area contributed by atoms with Gasteiger partial charge in [0.25, 0.3) is 11.6 Å². The van der Waals surface area contributed by atoms with Crippen molar-refractivity contribution in [1.82, 2.24) is 5.32 Å². The predicted octanol–water partition coefficient (Wildman–Crippen LogP) is 0.874. The first kappa shape index (κ1) is 21.6. The normalized spacial score (nSPS) is 12.8. The summed E-state index contributed by atoms with van der Waals surface area (Å²) in [5.41, 5.74) is 5.02. The Morgan fingerprint density at radius 2 is 1.87 bits per heavy atom.